The molecule has 2 aromatic carbocycles. The Bertz CT molecular complexity index is 712. The number of nitrogen functional groups attached to an aromatic ring is 1. The predicted molar refractivity (Wildman–Crippen MR) is 87.9 cm³/mol. The van der Waals surface area contributed by atoms with E-state index in [4.69, 9.17) is 10.5 Å². The van der Waals surface area contributed by atoms with Gasteiger partial charge in [-0.25, -0.2) is 0 Å². The predicted octanol–water partition coefficient (Wildman–Crippen LogP) is 3.28. The van der Waals surface area contributed by atoms with Gasteiger partial charge in [0.15, 0.2) is 6.10 Å². The molecule has 1 atom stereocenters. The molecule has 4 nitrogen and oxygen atoms in total. The van der Waals surface area contributed by atoms with Crippen molar-refractivity contribution < 1.29 is 9.53 Å². The van der Waals surface area contributed by atoms with Gasteiger partial charge in [0, 0.05) is 0 Å². The number of nitrogens with two attached hydrogens (primary N) is 1. The van der Waals surface area contributed by atoms with Crippen LogP contribution in [0, 0.1) is 6.92 Å². The molecule has 1 aliphatic heterocycles. The molecule has 0 saturated carbocycles. The highest BCUT2D eigenvalue weighted by molar-refractivity contribution is 6.02. The van der Waals surface area contributed by atoms with Gasteiger partial charge < -0.3 is 10.5 Å². The van der Waals surface area contributed by atoms with Gasteiger partial charge in [-0.2, -0.15) is 0 Å². The van der Waals surface area contributed by atoms with Gasteiger partial charge in [-0.3, -0.25) is 9.69 Å². The molecule has 0 fully saturated rings. The van der Waals surface area contributed by atoms with Crippen molar-refractivity contribution in [2.24, 2.45) is 0 Å². The summed E-state index contributed by atoms with van der Waals surface area (Å²) in [6, 6.07) is 13.6. The number of amides is 1. The minimum Gasteiger partial charge on any atom is -0.478 e. The molecule has 0 aliphatic carbocycles. The molecule has 1 amide bonds. The Morgan fingerprint density at radius 1 is 1.18 bits per heavy atom. The molecule has 3 rings (SSSR count). The first-order valence-electron chi connectivity index (χ1n) is 7.53. The fourth-order valence-corrected chi connectivity index (χ4v) is 2.78. The Morgan fingerprint density at radius 3 is 2.68 bits per heavy atom. The lowest BCUT2D eigenvalue weighted by atomic mass is 10.1. The third kappa shape index (κ3) is 2.41. The van der Waals surface area contributed by atoms with Gasteiger partial charge in [-0.05, 0) is 36.6 Å². The van der Waals surface area contributed by atoms with Crippen LogP contribution >= 0.6 is 0 Å². The van der Waals surface area contributed by atoms with Gasteiger partial charge in [-0.15, -0.1) is 0 Å². The molecular weight excluding hydrogens is 276 g/mol. The van der Waals surface area contributed by atoms with Crippen molar-refractivity contribution in [1.29, 1.82) is 0 Å². The van der Waals surface area contributed by atoms with Crippen LogP contribution in [0.1, 0.15) is 24.5 Å². The minimum absolute atomic E-state index is 0.0313. The summed E-state index contributed by atoms with van der Waals surface area (Å²) in [7, 11) is 0. The summed E-state index contributed by atoms with van der Waals surface area (Å²) in [6.07, 6.45) is 0.190. The van der Waals surface area contributed by atoms with E-state index in [-0.39, 0.29) is 5.91 Å². The maximum Gasteiger partial charge on any atom is 0.268 e. The van der Waals surface area contributed by atoms with E-state index in [1.54, 1.807) is 11.0 Å². The second-order valence-electron chi connectivity index (χ2n) is 5.56. The van der Waals surface area contributed by atoms with Crippen LogP contribution in [-0.2, 0) is 11.3 Å². The van der Waals surface area contributed by atoms with E-state index in [1.807, 2.05) is 50.2 Å². The number of nitrogens with zero attached hydrogens (tertiary/aromatic N) is 1. The molecule has 0 saturated heterocycles. The molecule has 4 heteroatoms. The monoisotopic (exact) mass is 296 g/mol. The lowest BCUT2D eigenvalue weighted by Crippen LogP contribution is -2.45. The maximum absolute atomic E-state index is 12.7. The Labute approximate surface area is 130 Å². The molecule has 0 aromatic heterocycles. The lowest BCUT2D eigenvalue weighted by Gasteiger charge is -2.35. The maximum atomic E-state index is 12.7. The standard InChI is InChI=1S/C18H20N2O2/c1-3-15-18(21)20(11-13-8-5-4-7-12(13)2)17-14(19)9-6-10-16(17)22-15/h4-10,15H,3,11,19H2,1-2H3. The van der Waals surface area contributed by atoms with Crippen molar-refractivity contribution in [3.63, 3.8) is 0 Å². The number of carbonyl (C=O) groups excluding carboxylic acids is 1. The zero-order valence-corrected chi connectivity index (χ0v) is 12.9. The Balaban J connectivity index is 2.05. The van der Waals surface area contributed by atoms with E-state index in [1.165, 1.54) is 0 Å². The summed E-state index contributed by atoms with van der Waals surface area (Å²) in [4.78, 5) is 14.5. The van der Waals surface area contributed by atoms with Crippen molar-refractivity contribution in [3.8, 4) is 5.75 Å². The van der Waals surface area contributed by atoms with Gasteiger partial charge >= 0.3 is 0 Å². The van der Waals surface area contributed by atoms with Gasteiger partial charge in [0.05, 0.1) is 12.2 Å². The molecule has 114 valence electrons. The zero-order chi connectivity index (χ0) is 15.7. The topological polar surface area (TPSA) is 55.6 Å². The van der Waals surface area contributed by atoms with Crippen LogP contribution in [0.2, 0.25) is 0 Å². The Morgan fingerprint density at radius 2 is 1.95 bits per heavy atom. The van der Waals surface area contributed by atoms with Crippen LogP contribution in [0.3, 0.4) is 0 Å². The number of ether oxygens (including phenoxy) is 1. The van der Waals surface area contributed by atoms with E-state index >= 15 is 0 Å². The molecule has 0 spiro atoms. The van der Waals surface area contributed by atoms with Gasteiger partial charge in [0.1, 0.15) is 11.4 Å². The van der Waals surface area contributed by atoms with Gasteiger partial charge in [0.2, 0.25) is 0 Å². The summed E-state index contributed by atoms with van der Waals surface area (Å²) in [5.41, 5.74) is 9.61. The first kappa shape index (κ1) is 14.4. The number of carbonyl (C=O) groups is 1. The minimum atomic E-state index is -0.446. The van der Waals surface area contributed by atoms with E-state index in [0.717, 1.165) is 11.1 Å². The van der Waals surface area contributed by atoms with Crippen molar-refractivity contribution in [3.05, 3.63) is 53.6 Å². The third-order valence-corrected chi connectivity index (χ3v) is 4.07. The largest absolute Gasteiger partial charge is 0.478 e. The number of anilines is 2. The molecule has 0 bridgehead atoms. The first-order valence-corrected chi connectivity index (χ1v) is 7.53. The molecule has 2 aromatic rings. The number of fused-ring (bicyclic) bond motifs is 1. The van der Waals surface area contributed by atoms with E-state index in [9.17, 15) is 4.79 Å². The quantitative estimate of drug-likeness (QED) is 0.884. The molecule has 22 heavy (non-hydrogen) atoms. The fraction of sp³-hybridized carbons (Fsp3) is 0.278. The van der Waals surface area contributed by atoms with E-state index < -0.39 is 6.10 Å². The Kier molecular flexibility index (Phi) is 3.75. The molecule has 1 heterocycles. The van der Waals surface area contributed by atoms with E-state index in [2.05, 4.69) is 0 Å². The zero-order valence-electron chi connectivity index (χ0n) is 12.9. The number of hydrogen-bond acceptors (Lipinski definition) is 3. The van der Waals surface area contributed by atoms with Crippen LogP contribution in [0.5, 0.6) is 5.75 Å². The van der Waals surface area contributed by atoms with Crippen molar-refractivity contribution in [2.75, 3.05) is 10.6 Å². The highest BCUT2D eigenvalue weighted by Gasteiger charge is 2.34. The van der Waals surface area contributed by atoms with Crippen LogP contribution in [0.15, 0.2) is 42.5 Å². The van der Waals surface area contributed by atoms with Gasteiger partial charge in [0.25, 0.3) is 5.91 Å². The average molecular weight is 296 g/mol. The van der Waals surface area contributed by atoms with Crippen LogP contribution in [0.4, 0.5) is 11.4 Å². The lowest BCUT2D eigenvalue weighted by molar-refractivity contribution is -0.126. The number of hydrogen-bond donors (Lipinski definition) is 1. The smallest absolute Gasteiger partial charge is 0.268 e. The molecular formula is C18H20N2O2. The number of benzene rings is 2. The second-order valence-corrected chi connectivity index (χ2v) is 5.56. The van der Waals surface area contributed by atoms with Crippen molar-refractivity contribution >= 4 is 17.3 Å². The van der Waals surface area contributed by atoms with Crippen molar-refractivity contribution in [2.45, 2.75) is 32.9 Å². The number of aryl methyl sites for hydroxylation is 1. The van der Waals surface area contributed by atoms with Crippen molar-refractivity contribution in [1.82, 2.24) is 0 Å². The van der Waals surface area contributed by atoms with Crippen LogP contribution in [0.25, 0.3) is 0 Å². The summed E-state index contributed by atoms with van der Waals surface area (Å²) >= 11 is 0. The van der Waals surface area contributed by atoms with E-state index in [0.29, 0.717) is 30.1 Å². The second kappa shape index (κ2) is 5.72. The summed E-state index contributed by atoms with van der Waals surface area (Å²) < 4.78 is 5.80. The van der Waals surface area contributed by atoms with Gasteiger partial charge in [-0.1, -0.05) is 37.3 Å². The highest BCUT2D eigenvalue weighted by atomic mass is 16.5. The first-order chi connectivity index (χ1) is 10.6. The molecule has 2 N–H and O–H groups in total. The molecule has 1 unspecified atom stereocenters. The van der Waals surface area contributed by atoms with Crippen LogP contribution < -0.4 is 15.4 Å². The Hall–Kier alpha value is -2.49. The summed E-state index contributed by atoms with van der Waals surface area (Å²) in [5.74, 6) is 0.649. The molecule has 0 radical (unpaired) electrons. The van der Waals surface area contributed by atoms with Crippen LogP contribution in [-0.4, -0.2) is 12.0 Å². The normalized spacial score (nSPS) is 17.1. The fourth-order valence-electron chi connectivity index (χ4n) is 2.78. The SMILES string of the molecule is CCC1Oc2cccc(N)c2N(Cc2ccccc2C)C1=O. The number of rotatable bonds is 3. The highest BCUT2D eigenvalue weighted by Crippen LogP contribution is 2.40. The third-order valence-electron chi connectivity index (χ3n) is 4.07. The average Bonchev–Trinajstić information content (AvgIpc) is 2.52. The summed E-state index contributed by atoms with van der Waals surface area (Å²) in [6.45, 7) is 4.51. The summed E-state index contributed by atoms with van der Waals surface area (Å²) in [5, 5.41) is 0. The number of para-hydroxylation sites is 1. The molecule has 1 aliphatic rings.